The maximum Gasteiger partial charge on any atom is 1.00 e. The Hall–Kier alpha value is -9.86. The molecular weight excluding hydrogens is 1800 g/mol. The van der Waals surface area contributed by atoms with Crippen molar-refractivity contribution in [3.8, 4) is 0 Å². The van der Waals surface area contributed by atoms with E-state index >= 15 is 0 Å². The number of likely N-dealkylation sites (tertiary alicyclic amines) is 2. The van der Waals surface area contributed by atoms with Gasteiger partial charge in [-0.25, -0.2) is 19.2 Å². The van der Waals surface area contributed by atoms with Crippen molar-refractivity contribution >= 4 is 80.8 Å². The third-order valence-corrected chi connectivity index (χ3v) is 31.7. The Morgan fingerprint density at radius 2 is 0.729 bits per heavy atom. The first kappa shape index (κ1) is 139. The predicted molar refractivity (Wildman–Crippen MR) is 553 cm³/mol. The summed E-state index contributed by atoms with van der Waals surface area (Å²) in [6.07, 6.45) is 11.9. The van der Waals surface area contributed by atoms with Crippen LogP contribution in [0, 0.1) is 56.7 Å². The van der Waals surface area contributed by atoms with Crippen LogP contribution < -0.4 is 35.2 Å². The average Bonchev–Trinajstić information content (AvgIpc) is 1.63. The molecule has 5 aromatic carbocycles. The monoisotopic (exact) mass is 1970 g/mol. The quantitative estimate of drug-likeness (QED) is 0.00794. The van der Waals surface area contributed by atoms with E-state index < -0.39 is 88.2 Å². The third-order valence-electron chi connectivity index (χ3n) is 28.2. The summed E-state index contributed by atoms with van der Waals surface area (Å²) in [6.45, 7) is 45.4. The van der Waals surface area contributed by atoms with Gasteiger partial charge in [0.1, 0.15) is 36.5 Å². The number of allylic oxidation sites excluding steroid dienone is 2. The number of nitrogens with two attached hydrogens (primary N) is 1. The molecule has 2 aliphatic heterocycles. The molecule has 7 rings (SSSR count). The van der Waals surface area contributed by atoms with E-state index in [2.05, 4.69) is 90.8 Å². The number of hydrogen-bond acceptors (Lipinski definition) is 18. The number of amides is 4. The number of carboxylic acid groups (broad SMARTS) is 2. The number of methoxy groups -OCH3 is 4. The molecule has 0 aromatic heterocycles. The van der Waals surface area contributed by atoms with E-state index in [1.165, 1.54) is 57.7 Å². The maximum absolute atomic E-state index is 13.0. The summed E-state index contributed by atoms with van der Waals surface area (Å²) in [5.74, 6) is -2.50. The van der Waals surface area contributed by atoms with Crippen molar-refractivity contribution in [2.45, 2.75) is 322 Å². The number of aliphatic carboxylic acids is 2. The van der Waals surface area contributed by atoms with Crippen LogP contribution in [0.15, 0.2) is 177 Å². The SMILES string of the molecule is C.C.C=CC[C@@](C)(C(=O)NC(CCc1ccccc1)C(=O)OC)C(C)CC.C=CC[C@@](C)(C(=O)O)C(C)CC.CCC(C)[C@@](C)(CC=O)C(=O)NC(CCc1ccccc1)C(=O)OC.CC[C@@H](C)[C@@]1(C)CCN(C(CCc2ccccc2)C(=O)O)C1=O.CC[C@@H](C)[C@@]1(C)CCN(C(CCc2ccccc2)C(=O)OC)C1=O.CC[SiH](CC)CC.COC(=O)[C@@H](N)CCc1ccccc1.O=CC(F)(F)F.[Li+].[OH-]. The zero-order valence-corrected chi connectivity index (χ0v) is 88.3. The third kappa shape index (κ3) is 46.9. The number of nitrogens with one attached hydrogen (secondary N) is 2. The van der Waals surface area contributed by atoms with Crippen LogP contribution in [-0.4, -0.2) is 184 Å². The smallest absolute Gasteiger partial charge is 0.870 e. The Morgan fingerprint density at radius 1 is 0.457 bits per heavy atom. The van der Waals surface area contributed by atoms with Crippen molar-refractivity contribution in [2.24, 2.45) is 62.4 Å². The van der Waals surface area contributed by atoms with E-state index in [1.807, 2.05) is 200 Å². The number of aryl methyl sites for hydroxylation is 5. The van der Waals surface area contributed by atoms with Crippen LogP contribution in [0.1, 0.15) is 264 Å². The summed E-state index contributed by atoms with van der Waals surface area (Å²) in [4.78, 5) is 145. The van der Waals surface area contributed by atoms with Crippen molar-refractivity contribution in [3.05, 3.63) is 205 Å². The number of carbonyl (C=O) groups is 12. The number of halogens is 3. The van der Waals surface area contributed by atoms with Gasteiger partial charge in [-0.2, -0.15) is 13.2 Å². The predicted octanol–water partition coefficient (Wildman–Crippen LogP) is 18.6. The summed E-state index contributed by atoms with van der Waals surface area (Å²) in [7, 11) is 5.23. The normalized spacial score (nSPS) is 17.2. The summed E-state index contributed by atoms with van der Waals surface area (Å²) < 4.78 is 50.5. The Morgan fingerprint density at radius 3 is 0.979 bits per heavy atom. The largest absolute Gasteiger partial charge is 1.00 e. The van der Waals surface area contributed by atoms with Gasteiger partial charge in [-0.3, -0.25) is 33.6 Å². The number of ether oxygens (including phenoxy) is 4. The van der Waals surface area contributed by atoms with Gasteiger partial charge in [-0.15, -0.1) is 13.2 Å². The average molecular weight is 1980 g/mol. The summed E-state index contributed by atoms with van der Waals surface area (Å²) in [5.41, 5.74) is 8.42. The Labute approximate surface area is 851 Å². The molecule has 5 aromatic rings. The molecule has 7 N–H and O–H groups in total. The van der Waals surface area contributed by atoms with E-state index in [0.717, 1.165) is 80.8 Å². The van der Waals surface area contributed by atoms with Gasteiger partial charge in [-0.1, -0.05) is 347 Å². The van der Waals surface area contributed by atoms with Gasteiger partial charge in [-0.05, 0) is 154 Å². The summed E-state index contributed by atoms with van der Waals surface area (Å²) >= 11 is 0. The second-order valence-corrected chi connectivity index (χ2v) is 41.0. The topological polar surface area (TPSA) is 369 Å². The van der Waals surface area contributed by atoms with Gasteiger partial charge >= 0.3 is 60.9 Å². The molecule has 0 aliphatic carbocycles. The Kier molecular flexibility index (Phi) is 72.5. The molecule has 0 bridgehead atoms. The number of alkyl halides is 3. The minimum absolute atomic E-state index is 0. The van der Waals surface area contributed by atoms with Crippen LogP contribution in [0.4, 0.5) is 13.2 Å². The van der Waals surface area contributed by atoms with Crippen LogP contribution in [-0.2, 0) is 109 Å². The van der Waals surface area contributed by atoms with Crippen LogP contribution in [0.2, 0.25) is 18.1 Å². The number of esters is 4. The van der Waals surface area contributed by atoms with E-state index in [9.17, 15) is 71.0 Å². The van der Waals surface area contributed by atoms with Crippen molar-refractivity contribution in [2.75, 3.05) is 41.5 Å². The van der Waals surface area contributed by atoms with Gasteiger partial charge in [0.25, 0.3) is 0 Å². The minimum Gasteiger partial charge on any atom is -0.870 e. The van der Waals surface area contributed by atoms with Gasteiger partial charge in [0.2, 0.25) is 29.9 Å². The van der Waals surface area contributed by atoms with Gasteiger partial charge in [0, 0.05) is 28.3 Å². The molecule has 7 unspecified atom stereocenters. The molecule has 0 radical (unpaired) electrons. The molecule has 15 atom stereocenters. The number of carboxylic acids is 2. The molecule has 784 valence electrons. The Balaban J connectivity index is -0.000000511. The van der Waals surface area contributed by atoms with Gasteiger partial charge in [0.15, 0.2) is 0 Å². The molecule has 2 aliphatic rings. The zero-order valence-electron chi connectivity index (χ0n) is 87.2. The number of nitrogens with zero attached hydrogens (tertiary/aromatic N) is 2. The molecular formula is C111H175F3LiN5O19Si. The summed E-state index contributed by atoms with van der Waals surface area (Å²) in [6, 6.07) is 50.8. The summed E-state index contributed by atoms with van der Waals surface area (Å²) in [5, 5.41) is 24.3. The second-order valence-electron chi connectivity index (χ2n) is 36.8. The zero-order chi connectivity index (χ0) is 104. The van der Waals surface area contributed by atoms with Crippen LogP contribution >= 0.6 is 0 Å². The van der Waals surface area contributed by atoms with Crippen LogP contribution in [0.5, 0.6) is 0 Å². The number of rotatable bonds is 46. The maximum atomic E-state index is 13.0. The fraction of sp³-hybridized carbons (Fsp3) is 0.586. The molecule has 0 spiro atoms. The number of aldehydes is 2. The minimum atomic E-state index is -4.64. The molecule has 29 heteroatoms. The molecule has 140 heavy (non-hydrogen) atoms. The molecule has 0 saturated carbocycles. The van der Waals surface area contributed by atoms with Crippen molar-refractivity contribution < 1.29 is 124 Å². The fourth-order valence-electron chi connectivity index (χ4n) is 16.1. The van der Waals surface area contributed by atoms with E-state index in [0.29, 0.717) is 83.2 Å². The number of benzene rings is 5. The molecule has 2 saturated heterocycles. The second kappa shape index (κ2) is 73.3. The van der Waals surface area contributed by atoms with E-state index in [-0.39, 0.29) is 119 Å². The fourth-order valence-corrected chi connectivity index (χ4v) is 17.9. The Bertz CT molecular complexity index is 4230. The van der Waals surface area contributed by atoms with Crippen molar-refractivity contribution in [3.63, 3.8) is 0 Å². The molecule has 24 nitrogen and oxygen atoms in total. The van der Waals surface area contributed by atoms with Crippen LogP contribution in [0.25, 0.3) is 0 Å². The number of hydrogen-bond donors (Lipinski definition) is 5. The molecule has 4 amide bonds. The van der Waals surface area contributed by atoms with Crippen LogP contribution in [0.3, 0.4) is 0 Å². The molecule has 2 fully saturated rings. The standard InChI is InChI=1S/C21H31NO3.C20H29NO4.C20H29NO3.C19H27NO3.C11H15NO2.C10H18O2.C6H16Si.C2HF3O.2CH4.Li.H2O/c1-6-15-21(4,16(3)7-2)20(24)22-18(19(23)25-5)14-13-17-11-9-8-10-12-17;1-5-15(2)20(3,13-14-22)19(24)21-17(18(23)25-4)12-11-16-9-7-6-8-10-16;1-5-15(2)20(3)13-14-21(19(20)23)17(18(22)24-4)12-11-16-9-7-6-8-10-16;1-4-14(2)19(3)12-13-20(18(19)23)16(17(21)22)11-10-15-8-6-5-7-9-15;1-14-11(13)10(12)8-7-9-5-3-2-4-6-9;1-5-7-10(4,9(11)12)8(3)6-2;1-4-7(5-2)6-3;3-2(4,5)1-6;;;;/h6,8-12,16,18H,1,7,13-15H2,2-5H3,(H,22,24);6-10,14-15,17H,5,11-13H2,1-4H3,(H,21,24);6-10,15,17H,5,11-14H2,1-4H3;5-9,14,16H,4,10-13H2,1-3H3,(H,21,22);2-6,10H,7-8,12H2,1H3;5,8H,1,6-7H2,2-4H3,(H,11,12);7H,4-6H2,1-3H3;1H;2*1H4;;1H2/q;;;;;;;;;;+1;/p-1/t16?,18?,21-;15?,17?,20-;15-,17?,20-;14-,16?,19-;10-;8?,10-;;;;;;/m111101....../s1. The van der Waals surface area contributed by atoms with Crippen molar-refractivity contribution in [1.29, 1.82) is 0 Å². The van der Waals surface area contributed by atoms with E-state index in [4.69, 9.17) is 29.8 Å². The molecule has 2 heterocycles. The first-order valence-electron chi connectivity index (χ1n) is 48.4. The van der Waals surface area contributed by atoms with Gasteiger partial charge in [0.05, 0.1) is 55.5 Å². The first-order valence-corrected chi connectivity index (χ1v) is 50.8. The van der Waals surface area contributed by atoms with E-state index in [1.54, 1.807) is 35.8 Å². The van der Waals surface area contributed by atoms with Gasteiger partial charge < -0.3 is 65.6 Å². The van der Waals surface area contributed by atoms with Crippen molar-refractivity contribution in [1.82, 2.24) is 20.4 Å². The number of carbonyl (C=O) groups excluding carboxylic acids is 10. The first-order chi connectivity index (χ1) is 64.2.